The lowest BCUT2D eigenvalue weighted by molar-refractivity contribution is 0.706. The first kappa shape index (κ1) is 13.7. The number of benzene rings is 2. The summed E-state index contributed by atoms with van der Waals surface area (Å²) >= 11 is 17.4. The zero-order valence-electron chi connectivity index (χ0n) is 10.6. The van der Waals surface area contributed by atoms with Crippen LogP contribution in [0.5, 0.6) is 0 Å². The molecule has 0 aliphatic rings. The Kier molecular flexibility index (Phi) is 3.83. The van der Waals surface area contributed by atoms with Crippen molar-refractivity contribution in [3.8, 4) is 0 Å². The van der Waals surface area contributed by atoms with Gasteiger partial charge < -0.3 is 9.55 Å². The highest BCUT2D eigenvalue weighted by Crippen LogP contribution is 2.23. The Balaban J connectivity index is 1.91. The van der Waals surface area contributed by atoms with Gasteiger partial charge in [-0.05, 0) is 48.5 Å². The highest BCUT2D eigenvalue weighted by Gasteiger charge is 2.07. The second-order valence-corrected chi connectivity index (χ2v) is 5.82. The van der Waals surface area contributed by atoms with Crippen molar-refractivity contribution in [2.75, 3.05) is 0 Å². The molecule has 2 aromatic carbocycles. The molecule has 0 bridgehead atoms. The SMILES string of the molecule is S=c1[nH]c2c(Cl)cccc2n1CCc1ccc(Cl)cc1. The van der Waals surface area contributed by atoms with Crippen LogP contribution in [-0.4, -0.2) is 9.55 Å². The van der Waals surface area contributed by atoms with Gasteiger partial charge in [0.25, 0.3) is 0 Å². The Morgan fingerprint density at radius 3 is 2.55 bits per heavy atom. The highest BCUT2D eigenvalue weighted by molar-refractivity contribution is 7.71. The molecule has 0 saturated carbocycles. The predicted octanol–water partition coefficient (Wildman–Crippen LogP) is 5.25. The van der Waals surface area contributed by atoms with E-state index in [2.05, 4.69) is 9.55 Å². The number of aryl methyl sites for hydroxylation is 2. The first-order valence-corrected chi connectivity index (χ1v) is 7.43. The van der Waals surface area contributed by atoms with Gasteiger partial charge in [0.1, 0.15) is 0 Å². The Bertz CT molecular complexity index is 803. The quantitative estimate of drug-likeness (QED) is 0.653. The Morgan fingerprint density at radius 1 is 1.05 bits per heavy atom. The normalized spacial score (nSPS) is 11.1. The minimum absolute atomic E-state index is 0.693. The summed E-state index contributed by atoms with van der Waals surface area (Å²) in [5.74, 6) is 0. The summed E-state index contributed by atoms with van der Waals surface area (Å²) < 4.78 is 2.77. The van der Waals surface area contributed by atoms with Crippen molar-refractivity contribution < 1.29 is 0 Å². The fourth-order valence-electron chi connectivity index (χ4n) is 2.26. The maximum atomic E-state index is 6.17. The van der Waals surface area contributed by atoms with E-state index in [-0.39, 0.29) is 0 Å². The summed E-state index contributed by atoms with van der Waals surface area (Å²) in [6.45, 7) is 0.806. The van der Waals surface area contributed by atoms with Crippen molar-refractivity contribution in [1.82, 2.24) is 9.55 Å². The maximum Gasteiger partial charge on any atom is 0.178 e. The standard InChI is InChI=1S/C15H12Cl2N2S/c16-11-6-4-10(5-7-11)8-9-19-13-3-1-2-12(17)14(13)18-15(19)20/h1-7H,8-9H2,(H,18,20). The summed E-state index contributed by atoms with van der Waals surface area (Å²) in [5.41, 5.74) is 3.17. The van der Waals surface area contributed by atoms with E-state index in [1.165, 1.54) is 5.56 Å². The molecule has 0 atom stereocenters. The van der Waals surface area contributed by atoms with Crippen LogP contribution in [0.4, 0.5) is 0 Å². The van der Waals surface area contributed by atoms with E-state index in [9.17, 15) is 0 Å². The first-order chi connectivity index (χ1) is 9.65. The third-order valence-corrected chi connectivity index (χ3v) is 4.19. The molecule has 0 aliphatic carbocycles. The number of hydrogen-bond acceptors (Lipinski definition) is 1. The van der Waals surface area contributed by atoms with Gasteiger partial charge in [0.05, 0.1) is 16.1 Å². The minimum Gasteiger partial charge on any atom is -0.329 e. The van der Waals surface area contributed by atoms with Crippen LogP contribution in [0.1, 0.15) is 5.56 Å². The number of nitrogens with zero attached hydrogens (tertiary/aromatic N) is 1. The molecule has 1 heterocycles. The number of hydrogen-bond donors (Lipinski definition) is 1. The second kappa shape index (κ2) is 5.60. The van der Waals surface area contributed by atoms with Gasteiger partial charge in [-0.3, -0.25) is 0 Å². The Morgan fingerprint density at radius 2 is 1.80 bits per heavy atom. The number of nitrogens with one attached hydrogen (secondary N) is 1. The third kappa shape index (κ3) is 2.62. The van der Waals surface area contributed by atoms with Crippen molar-refractivity contribution in [2.45, 2.75) is 13.0 Å². The molecule has 3 aromatic rings. The van der Waals surface area contributed by atoms with E-state index < -0.39 is 0 Å². The first-order valence-electron chi connectivity index (χ1n) is 6.26. The number of aromatic nitrogens is 2. The smallest absolute Gasteiger partial charge is 0.178 e. The summed E-state index contributed by atoms with van der Waals surface area (Å²) in [6.07, 6.45) is 0.894. The van der Waals surface area contributed by atoms with Gasteiger partial charge in [-0.15, -0.1) is 0 Å². The molecule has 0 spiro atoms. The van der Waals surface area contributed by atoms with Gasteiger partial charge in [0.2, 0.25) is 0 Å². The fraction of sp³-hybridized carbons (Fsp3) is 0.133. The van der Waals surface area contributed by atoms with Crippen molar-refractivity contribution in [3.63, 3.8) is 0 Å². The van der Waals surface area contributed by atoms with Crippen LogP contribution in [0.15, 0.2) is 42.5 Å². The molecule has 20 heavy (non-hydrogen) atoms. The molecule has 5 heteroatoms. The van der Waals surface area contributed by atoms with E-state index in [0.29, 0.717) is 9.79 Å². The zero-order valence-corrected chi connectivity index (χ0v) is 12.9. The van der Waals surface area contributed by atoms with Crippen molar-refractivity contribution in [1.29, 1.82) is 0 Å². The van der Waals surface area contributed by atoms with Crippen LogP contribution in [0, 0.1) is 4.77 Å². The predicted molar refractivity (Wildman–Crippen MR) is 87.3 cm³/mol. The van der Waals surface area contributed by atoms with E-state index in [4.69, 9.17) is 35.4 Å². The molecule has 1 aromatic heterocycles. The molecule has 0 fully saturated rings. The lowest BCUT2D eigenvalue weighted by Gasteiger charge is -2.05. The van der Waals surface area contributed by atoms with Crippen molar-refractivity contribution >= 4 is 46.5 Å². The molecule has 0 aliphatic heterocycles. The molecular weight excluding hydrogens is 311 g/mol. The average molecular weight is 323 g/mol. The van der Waals surface area contributed by atoms with Crippen LogP contribution in [0.25, 0.3) is 11.0 Å². The molecule has 0 saturated heterocycles. The Labute approximate surface area is 132 Å². The highest BCUT2D eigenvalue weighted by atomic mass is 35.5. The number of H-pyrrole nitrogens is 1. The second-order valence-electron chi connectivity index (χ2n) is 4.59. The Hall–Kier alpha value is -1.29. The summed E-state index contributed by atoms with van der Waals surface area (Å²) in [4.78, 5) is 3.17. The van der Waals surface area contributed by atoms with Gasteiger partial charge in [0, 0.05) is 11.6 Å². The number of aromatic amines is 1. The summed E-state index contributed by atoms with van der Waals surface area (Å²) in [7, 11) is 0. The van der Waals surface area contributed by atoms with Crippen LogP contribution < -0.4 is 0 Å². The van der Waals surface area contributed by atoms with Crippen molar-refractivity contribution in [3.05, 3.63) is 62.8 Å². The molecule has 0 radical (unpaired) electrons. The number of para-hydroxylation sites is 1. The number of rotatable bonds is 3. The third-order valence-electron chi connectivity index (χ3n) is 3.30. The topological polar surface area (TPSA) is 20.7 Å². The molecule has 3 rings (SSSR count). The fourth-order valence-corrected chi connectivity index (χ4v) is 2.89. The van der Waals surface area contributed by atoms with Crippen LogP contribution in [-0.2, 0) is 13.0 Å². The van der Waals surface area contributed by atoms with Gasteiger partial charge in [-0.1, -0.05) is 41.4 Å². The van der Waals surface area contributed by atoms with Crippen molar-refractivity contribution in [2.24, 2.45) is 0 Å². The zero-order chi connectivity index (χ0) is 14.1. The number of halogens is 2. The molecule has 0 amide bonds. The van der Waals surface area contributed by atoms with Crippen LogP contribution in [0.3, 0.4) is 0 Å². The summed E-state index contributed by atoms with van der Waals surface area (Å²) in [5, 5.41) is 1.45. The molecular formula is C15H12Cl2N2S. The molecule has 102 valence electrons. The monoisotopic (exact) mass is 322 g/mol. The lowest BCUT2D eigenvalue weighted by Crippen LogP contribution is -2.01. The van der Waals surface area contributed by atoms with Gasteiger partial charge in [-0.25, -0.2) is 0 Å². The largest absolute Gasteiger partial charge is 0.329 e. The lowest BCUT2D eigenvalue weighted by atomic mass is 10.1. The van der Waals surface area contributed by atoms with E-state index in [1.54, 1.807) is 0 Å². The summed E-state index contributed by atoms with van der Waals surface area (Å²) in [6, 6.07) is 13.7. The van der Waals surface area contributed by atoms with E-state index >= 15 is 0 Å². The van der Waals surface area contributed by atoms with Gasteiger partial charge in [-0.2, -0.15) is 0 Å². The van der Waals surface area contributed by atoms with Crippen LogP contribution in [0.2, 0.25) is 10.0 Å². The van der Waals surface area contributed by atoms with E-state index in [1.807, 2.05) is 42.5 Å². The molecule has 0 unspecified atom stereocenters. The number of imidazole rings is 1. The average Bonchev–Trinajstić information content (AvgIpc) is 2.76. The maximum absolute atomic E-state index is 6.17. The number of fused-ring (bicyclic) bond motifs is 1. The van der Waals surface area contributed by atoms with Gasteiger partial charge >= 0.3 is 0 Å². The van der Waals surface area contributed by atoms with Gasteiger partial charge in [0.15, 0.2) is 4.77 Å². The molecule has 1 N–H and O–H groups in total. The van der Waals surface area contributed by atoms with E-state index in [0.717, 1.165) is 29.0 Å². The minimum atomic E-state index is 0.693. The molecule has 2 nitrogen and oxygen atoms in total. The van der Waals surface area contributed by atoms with Crippen LogP contribution >= 0.6 is 35.4 Å².